The molecule has 2 aliphatic rings. The third-order valence-electron chi connectivity index (χ3n) is 4.25. The molecular weight excluding hydrogens is 275 g/mol. The Bertz CT molecular complexity index is 497. The highest BCUT2D eigenvalue weighted by atomic mass is 19.1. The van der Waals surface area contributed by atoms with Gasteiger partial charge in [-0.2, -0.15) is 0 Å². The van der Waals surface area contributed by atoms with Crippen molar-refractivity contribution in [3.05, 3.63) is 29.6 Å². The number of halogens is 1. The number of ether oxygens (including phenoxy) is 3. The highest BCUT2D eigenvalue weighted by molar-refractivity contribution is 5.30. The fourth-order valence-electron chi connectivity index (χ4n) is 3.00. The quantitative estimate of drug-likeness (QED) is 0.931. The molecule has 4 nitrogen and oxygen atoms in total. The van der Waals surface area contributed by atoms with Crippen LogP contribution < -0.4 is 4.74 Å². The van der Waals surface area contributed by atoms with Crippen LogP contribution in [0.25, 0.3) is 0 Å². The maximum Gasteiger partial charge on any atom is 0.165 e. The molecule has 5 heteroatoms. The second-order valence-electron chi connectivity index (χ2n) is 5.93. The monoisotopic (exact) mass is 296 g/mol. The standard InChI is InChI=1S/C16H21FO4/c1-11(18)12-2-3-15(14(17)8-12)21-13-4-6-20-16(9-13)5-7-19-10-16/h2-3,8,11,13,18H,4-7,9-10H2,1H3. The minimum atomic E-state index is -0.685. The lowest BCUT2D eigenvalue weighted by Crippen LogP contribution is -2.44. The van der Waals surface area contributed by atoms with Crippen molar-refractivity contribution in [2.45, 2.75) is 44.0 Å². The van der Waals surface area contributed by atoms with Crippen LogP contribution in [0, 0.1) is 5.82 Å². The fourth-order valence-corrected chi connectivity index (χ4v) is 3.00. The van der Waals surface area contributed by atoms with Gasteiger partial charge in [0.15, 0.2) is 11.6 Å². The molecule has 0 bridgehead atoms. The van der Waals surface area contributed by atoms with Crippen LogP contribution in [0.5, 0.6) is 5.75 Å². The van der Waals surface area contributed by atoms with Gasteiger partial charge in [0.1, 0.15) is 6.10 Å². The van der Waals surface area contributed by atoms with Crippen molar-refractivity contribution in [3.63, 3.8) is 0 Å². The average Bonchev–Trinajstić information content (AvgIpc) is 2.89. The molecule has 0 radical (unpaired) electrons. The van der Waals surface area contributed by atoms with Crippen LogP contribution in [0.4, 0.5) is 4.39 Å². The molecule has 1 aromatic carbocycles. The Kier molecular flexibility index (Phi) is 4.15. The van der Waals surface area contributed by atoms with Crippen LogP contribution >= 0.6 is 0 Å². The Balaban J connectivity index is 1.68. The Morgan fingerprint density at radius 2 is 2.29 bits per heavy atom. The van der Waals surface area contributed by atoms with Gasteiger partial charge < -0.3 is 19.3 Å². The van der Waals surface area contributed by atoms with E-state index in [1.807, 2.05) is 0 Å². The van der Waals surface area contributed by atoms with Crippen molar-refractivity contribution in [1.82, 2.24) is 0 Å². The first-order valence-electron chi connectivity index (χ1n) is 7.44. The predicted molar refractivity (Wildman–Crippen MR) is 74.8 cm³/mol. The molecule has 3 unspecified atom stereocenters. The molecule has 0 aliphatic carbocycles. The van der Waals surface area contributed by atoms with Gasteiger partial charge in [-0.1, -0.05) is 6.07 Å². The van der Waals surface area contributed by atoms with Gasteiger partial charge in [-0.05, 0) is 24.6 Å². The molecular formula is C16H21FO4. The molecule has 2 aliphatic heterocycles. The summed E-state index contributed by atoms with van der Waals surface area (Å²) in [6.45, 7) is 3.53. The molecule has 1 aromatic rings. The third kappa shape index (κ3) is 3.20. The Labute approximate surface area is 123 Å². The molecule has 116 valence electrons. The molecule has 3 atom stereocenters. The van der Waals surface area contributed by atoms with E-state index in [-0.39, 0.29) is 17.5 Å². The molecule has 2 heterocycles. The zero-order valence-electron chi connectivity index (χ0n) is 12.2. The minimum absolute atomic E-state index is 0.0626. The van der Waals surface area contributed by atoms with E-state index in [4.69, 9.17) is 14.2 Å². The summed E-state index contributed by atoms with van der Waals surface area (Å²) in [4.78, 5) is 0. The second-order valence-corrected chi connectivity index (χ2v) is 5.93. The Hall–Kier alpha value is -1.17. The highest BCUT2D eigenvalue weighted by Gasteiger charge is 2.41. The predicted octanol–water partition coefficient (Wildman–Crippen LogP) is 2.60. The molecule has 0 amide bonds. The summed E-state index contributed by atoms with van der Waals surface area (Å²) >= 11 is 0. The summed E-state index contributed by atoms with van der Waals surface area (Å²) in [6, 6.07) is 4.61. The van der Waals surface area contributed by atoms with Crippen LogP contribution in [0.3, 0.4) is 0 Å². The Morgan fingerprint density at radius 1 is 1.43 bits per heavy atom. The summed E-state index contributed by atoms with van der Waals surface area (Å²) < 4.78 is 31.1. The van der Waals surface area contributed by atoms with Crippen LogP contribution in [-0.4, -0.2) is 36.6 Å². The lowest BCUT2D eigenvalue weighted by atomic mass is 9.91. The van der Waals surface area contributed by atoms with Gasteiger partial charge in [-0.15, -0.1) is 0 Å². The van der Waals surface area contributed by atoms with Crippen molar-refractivity contribution >= 4 is 0 Å². The van der Waals surface area contributed by atoms with Gasteiger partial charge in [0, 0.05) is 25.9 Å². The van der Waals surface area contributed by atoms with E-state index in [2.05, 4.69) is 0 Å². The zero-order chi connectivity index (χ0) is 14.9. The summed E-state index contributed by atoms with van der Waals surface area (Å²) in [5, 5.41) is 9.46. The average molecular weight is 296 g/mol. The molecule has 2 fully saturated rings. The smallest absolute Gasteiger partial charge is 0.165 e. The number of hydrogen-bond acceptors (Lipinski definition) is 4. The van der Waals surface area contributed by atoms with E-state index in [0.29, 0.717) is 25.4 Å². The normalized spacial score (nSPS) is 30.5. The number of aliphatic hydroxyl groups excluding tert-OH is 1. The number of rotatable bonds is 3. The van der Waals surface area contributed by atoms with Gasteiger partial charge in [0.25, 0.3) is 0 Å². The number of benzene rings is 1. The van der Waals surface area contributed by atoms with Crippen LogP contribution in [-0.2, 0) is 9.47 Å². The van der Waals surface area contributed by atoms with Crippen LogP contribution in [0.2, 0.25) is 0 Å². The fraction of sp³-hybridized carbons (Fsp3) is 0.625. The molecule has 1 N–H and O–H groups in total. The first kappa shape index (κ1) is 14.8. The van der Waals surface area contributed by atoms with Crippen molar-refractivity contribution in [1.29, 1.82) is 0 Å². The van der Waals surface area contributed by atoms with E-state index in [1.165, 1.54) is 6.07 Å². The van der Waals surface area contributed by atoms with Crippen molar-refractivity contribution in [2.24, 2.45) is 0 Å². The molecule has 0 aromatic heterocycles. The third-order valence-corrected chi connectivity index (χ3v) is 4.25. The largest absolute Gasteiger partial charge is 0.487 e. The van der Waals surface area contributed by atoms with E-state index in [1.54, 1.807) is 19.1 Å². The summed E-state index contributed by atoms with van der Waals surface area (Å²) in [7, 11) is 0. The van der Waals surface area contributed by atoms with Gasteiger partial charge >= 0.3 is 0 Å². The van der Waals surface area contributed by atoms with Crippen molar-refractivity contribution in [3.8, 4) is 5.75 Å². The van der Waals surface area contributed by atoms with Crippen LogP contribution in [0.15, 0.2) is 18.2 Å². The van der Waals surface area contributed by atoms with E-state index in [0.717, 1.165) is 19.3 Å². The van der Waals surface area contributed by atoms with Gasteiger partial charge in [-0.25, -0.2) is 4.39 Å². The zero-order valence-corrected chi connectivity index (χ0v) is 12.2. The van der Waals surface area contributed by atoms with E-state index >= 15 is 0 Å². The summed E-state index contributed by atoms with van der Waals surface area (Å²) in [5.41, 5.74) is 0.298. The maximum atomic E-state index is 14.0. The summed E-state index contributed by atoms with van der Waals surface area (Å²) in [5.74, 6) is -0.197. The minimum Gasteiger partial charge on any atom is -0.487 e. The molecule has 2 saturated heterocycles. The topological polar surface area (TPSA) is 47.9 Å². The van der Waals surface area contributed by atoms with Gasteiger partial charge in [-0.3, -0.25) is 0 Å². The lowest BCUT2D eigenvalue weighted by molar-refractivity contribution is -0.112. The highest BCUT2D eigenvalue weighted by Crippen LogP contribution is 2.35. The van der Waals surface area contributed by atoms with Crippen molar-refractivity contribution in [2.75, 3.05) is 19.8 Å². The second kappa shape index (κ2) is 5.91. The van der Waals surface area contributed by atoms with Crippen molar-refractivity contribution < 1.29 is 23.7 Å². The summed E-state index contributed by atoms with van der Waals surface area (Å²) in [6.07, 6.45) is 1.60. The molecule has 1 spiro atoms. The first-order chi connectivity index (χ1) is 10.1. The van der Waals surface area contributed by atoms with Gasteiger partial charge in [0.2, 0.25) is 0 Å². The van der Waals surface area contributed by atoms with E-state index < -0.39 is 11.9 Å². The Morgan fingerprint density at radius 3 is 2.95 bits per heavy atom. The van der Waals surface area contributed by atoms with Crippen LogP contribution in [0.1, 0.15) is 37.9 Å². The molecule has 21 heavy (non-hydrogen) atoms. The van der Waals surface area contributed by atoms with Gasteiger partial charge in [0.05, 0.1) is 24.9 Å². The SMILES string of the molecule is CC(O)c1ccc(OC2CCOC3(CCOC3)C2)c(F)c1. The first-order valence-corrected chi connectivity index (χ1v) is 7.44. The maximum absolute atomic E-state index is 14.0. The lowest BCUT2D eigenvalue weighted by Gasteiger charge is -2.37. The number of hydrogen-bond donors (Lipinski definition) is 1. The molecule has 3 rings (SSSR count). The number of aliphatic hydroxyl groups is 1. The van der Waals surface area contributed by atoms with E-state index in [9.17, 15) is 9.50 Å². The molecule has 0 saturated carbocycles.